The summed E-state index contributed by atoms with van der Waals surface area (Å²) in [5, 5.41) is 6.40. The average molecular weight is 291 g/mol. The van der Waals surface area contributed by atoms with Crippen LogP contribution in [-0.4, -0.2) is 19.6 Å². The summed E-state index contributed by atoms with van der Waals surface area (Å²) >= 11 is 5.77. The lowest BCUT2D eigenvalue weighted by Gasteiger charge is -2.08. The smallest absolute Gasteiger partial charge is 0.262 e. The molecule has 2 aromatic carbocycles. The van der Waals surface area contributed by atoms with E-state index in [1.165, 1.54) is 0 Å². The van der Waals surface area contributed by atoms with Gasteiger partial charge in [0.2, 0.25) is 0 Å². The predicted molar refractivity (Wildman–Crippen MR) is 81.6 cm³/mol. The van der Waals surface area contributed by atoms with E-state index in [9.17, 15) is 4.79 Å². The Balaban J connectivity index is 1.84. The summed E-state index contributed by atoms with van der Waals surface area (Å²) < 4.78 is 5.36. The molecule has 0 aromatic heterocycles. The first kappa shape index (κ1) is 14.2. The largest absolute Gasteiger partial charge is 0.484 e. The van der Waals surface area contributed by atoms with Crippen LogP contribution in [0.4, 0.5) is 11.4 Å². The van der Waals surface area contributed by atoms with Crippen molar-refractivity contribution in [1.29, 1.82) is 0 Å². The van der Waals surface area contributed by atoms with Gasteiger partial charge in [0.05, 0.1) is 0 Å². The molecule has 2 rings (SSSR count). The Bertz CT molecular complexity index is 567. The lowest BCUT2D eigenvalue weighted by Crippen LogP contribution is -2.20. The van der Waals surface area contributed by atoms with Gasteiger partial charge in [-0.3, -0.25) is 4.79 Å². The van der Waals surface area contributed by atoms with E-state index >= 15 is 0 Å². The highest BCUT2D eigenvalue weighted by atomic mass is 35.5. The van der Waals surface area contributed by atoms with E-state index in [4.69, 9.17) is 16.3 Å². The molecule has 1 amide bonds. The number of hydrogen-bond donors (Lipinski definition) is 2. The molecule has 0 aliphatic rings. The van der Waals surface area contributed by atoms with Crippen molar-refractivity contribution in [2.75, 3.05) is 24.3 Å². The zero-order valence-corrected chi connectivity index (χ0v) is 11.8. The Hall–Kier alpha value is -2.20. The molecule has 0 spiro atoms. The van der Waals surface area contributed by atoms with Gasteiger partial charge in [0.1, 0.15) is 5.75 Å². The number of carbonyl (C=O) groups is 1. The van der Waals surface area contributed by atoms with Crippen molar-refractivity contribution < 1.29 is 9.53 Å². The van der Waals surface area contributed by atoms with Crippen LogP contribution in [-0.2, 0) is 4.79 Å². The molecule has 2 aromatic rings. The fourth-order valence-corrected chi connectivity index (χ4v) is 1.72. The van der Waals surface area contributed by atoms with Crippen LogP contribution in [0.5, 0.6) is 5.75 Å². The monoisotopic (exact) mass is 290 g/mol. The fraction of sp³-hybridized carbons (Fsp3) is 0.133. The third-order valence-electron chi connectivity index (χ3n) is 2.64. The SMILES string of the molecule is CNc1ccc(NC(=O)COc2ccc(Cl)cc2)cc1. The molecule has 0 unspecified atom stereocenters. The second-order valence-corrected chi connectivity index (χ2v) is 4.55. The molecule has 0 heterocycles. The molecule has 5 heteroatoms. The molecule has 0 atom stereocenters. The van der Waals surface area contributed by atoms with Crippen LogP contribution < -0.4 is 15.4 Å². The number of hydrogen-bond acceptors (Lipinski definition) is 3. The van der Waals surface area contributed by atoms with E-state index in [0.717, 1.165) is 11.4 Å². The van der Waals surface area contributed by atoms with Crippen LogP contribution in [0.1, 0.15) is 0 Å². The molecule has 0 radical (unpaired) electrons. The summed E-state index contributed by atoms with van der Waals surface area (Å²) in [7, 11) is 1.84. The van der Waals surface area contributed by atoms with Gasteiger partial charge in [-0.2, -0.15) is 0 Å². The van der Waals surface area contributed by atoms with Crippen molar-refractivity contribution in [2.24, 2.45) is 0 Å². The minimum Gasteiger partial charge on any atom is -0.484 e. The molecule has 20 heavy (non-hydrogen) atoms. The van der Waals surface area contributed by atoms with E-state index in [-0.39, 0.29) is 12.5 Å². The standard InChI is InChI=1S/C15H15ClN2O2/c1-17-12-4-6-13(7-5-12)18-15(19)10-20-14-8-2-11(16)3-9-14/h2-9,17H,10H2,1H3,(H,18,19). The molecule has 104 valence electrons. The number of nitrogens with one attached hydrogen (secondary N) is 2. The van der Waals surface area contributed by atoms with Crippen molar-refractivity contribution in [3.63, 3.8) is 0 Å². The Labute approximate surface area is 122 Å². The Morgan fingerprint density at radius 2 is 1.65 bits per heavy atom. The summed E-state index contributed by atoms with van der Waals surface area (Å²) in [5.41, 5.74) is 1.72. The van der Waals surface area contributed by atoms with Crippen molar-refractivity contribution in [3.8, 4) is 5.75 Å². The van der Waals surface area contributed by atoms with E-state index in [1.54, 1.807) is 24.3 Å². The van der Waals surface area contributed by atoms with E-state index in [2.05, 4.69) is 10.6 Å². The summed E-state index contributed by atoms with van der Waals surface area (Å²) in [6, 6.07) is 14.3. The van der Waals surface area contributed by atoms with Gasteiger partial charge < -0.3 is 15.4 Å². The topological polar surface area (TPSA) is 50.4 Å². The van der Waals surface area contributed by atoms with Crippen molar-refractivity contribution >= 4 is 28.9 Å². The van der Waals surface area contributed by atoms with Crippen molar-refractivity contribution in [1.82, 2.24) is 0 Å². The number of amides is 1. The Morgan fingerprint density at radius 1 is 1.05 bits per heavy atom. The minimum atomic E-state index is -0.211. The quantitative estimate of drug-likeness (QED) is 0.887. The lowest BCUT2D eigenvalue weighted by molar-refractivity contribution is -0.118. The van der Waals surface area contributed by atoms with Crippen molar-refractivity contribution in [2.45, 2.75) is 0 Å². The lowest BCUT2D eigenvalue weighted by atomic mass is 10.3. The van der Waals surface area contributed by atoms with Gasteiger partial charge in [0, 0.05) is 23.4 Å². The van der Waals surface area contributed by atoms with Gasteiger partial charge in [-0.05, 0) is 48.5 Å². The second kappa shape index (κ2) is 6.82. The van der Waals surface area contributed by atoms with Crippen LogP contribution in [0, 0.1) is 0 Å². The fourth-order valence-electron chi connectivity index (χ4n) is 1.60. The molecule has 0 fully saturated rings. The van der Waals surface area contributed by atoms with Gasteiger partial charge in [-0.1, -0.05) is 11.6 Å². The molecule has 0 aliphatic heterocycles. The first-order valence-electron chi connectivity index (χ1n) is 6.13. The van der Waals surface area contributed by atoms with Gasteiger partial charge >= 0.3 is 0 Å². The highest BCUT2D eigenvalue weighted by Crippen LogP contribution is 2.16. The third kappa shape index (κ3) is 4.17. The highest BCUT2D eigenvalue weighted by molar-refractivity contribution is 6.30. The maximum atomic E-state index is 11.7. The van der Waals surface area contributed by atoms with Crippen LogP contribution >= 0.6 is 11.6 Å². The molecular weight excluding hydrogens is 276 g/mol. The van der Waals surface area contributed by atoms with Gasteiger partial charge in [0.25, 0.3) is 5.91 Å². The van der Waals surface area contributed by atoms with Crippen LogP contribution in [0.3, 0.4) is 0 Å². The number of ether oxygens (including phenoxy) is 1. The Morgan fingerprint density at radius 3 is 2.25 bits per heavy atom. The van der Waals surface area contributed by atoms with E-state index in [1.807, 2.05) is 31.3 Å². The molecule has 4 nitrogen and oxygen atoms in total. The van der Waals surface area contributed by atoms with Crippen LogP contribution in [0.25, 0.3) is 0 Å². The third-order valence-corrected chi connectivity index (χ3v) is 2.89. The zero-order valence-electron chi connectivity index (χ0n) is 11.0. The zero-order chi connectivity index (χ0) is 14.4. The molecule has 2 N–H and O–H groups in total. The number of halogens is 1. The molecule has 0 saturated carbocycles. The molecule has 0 aliphatic carbocycles. The molecule has 0 bridgehead atoms. The highest BCUT2D eigenvalue weighted by Gasteiger charge is 2.03. The Kier molecular flexibility index (Phi) is 4.85. The minimum absolute atomic E-state index is 0.0462. The first-order chi connectivity index (χ1) is 9.67. The maximum Gasteiger partial charge on any atom is 0.262 e. The van der Waals surface area contributed by atoms with Gasteiger partial charge in [0.15, 0.2) is 6.61 Å². The number of benzene rings is 2. The molecule has 0 saturated heterocycles. The summed E-state index contributed by atoms with van der Waals surface area (Å²) in [4.78, 5) is 11.7. The molecular formula is C15H15ClN2O2. The van der Waals surface area contributed by atoms with Crippen molar-refractivity contribution in [3.05, 3.63) is 53.6 Å². The average Bonchev–Trinajstić information content (AvgIpc) is 2.47. The number of carbonyl (C=O) groups excluding carboxylic acids is 1. The van der Waals surface area contributed by atoms with Gasteiger partial charge in [-0.25, -0.2) is 0 Å². The summed E-state index contributed by atoms with van der Waals surface area (Å²) in [6.45, 7) is -0.0462. The first-order valence-corrected chi connectivity index (χ1v) is 6.51. The maximum absolute atomic E-state index is 11.7. The second-order valence-electron chi connectivity index (χ2n) is 4.12. The van der Waals surface area contributed by atoms with E-state index in [0.29, 0.717) is 10.8 Å². The summed E-state index contributed by atoms with van der Waals surface area (Å²) in [6.07, 6.45) is 0. The van der Waals surface area contributed by atoms with E-state index < -0.39 is 0 Å². The normalized spacial score (nSPS) is 9.90. The number of anilines is 2. The van der Waals surface area contributed by atoms with Crippen LogP contribution in [0.15, 0.2) is 48.5 Å². The van der Waals surface area contributed by atoms with Crippen LogP contribution in [0.2, 0.25) is 5.02 Å². The summed E-state index contributed by atoms with van der Waals surface area (Å²) in [5.74, 6) is 0.396. The van der Waals surface area contributed by atoms with Gasteiger partial charge in [-0.15, -0.1) is 0 Å². The predicted octanol–water partition coefficient (Wildman–Crippen LogP) is 3.40. The number of rotatable bonds is 5.